The number of esters is 1. The molecule has 0 fully saturated rings. The molecule has 114 valence electrons. The molecule has 19 heavy (non-hydrogen) atoms. The summed E-state index contributed by atoms with van der Waals surface area (Å²) >= 11 is 0. The smallest absolute Gasteiger partial charge is 0.305 e. The average molecular weight is 278 g/mol. The molecule has 0 spiro atoms. The molecule has 0 bridgehead atoms. The summed E-state index contributed by atoms with van der Waals surface area (Å²) in [5.41, 5.74) is 0. The minimum absolute atomic E-state index is 0.287. The number of carbonyl (C=O) groups excluding carboxylic acids is 1. The van der Waals surface area contributed by atoms with Crippen LogP contribution in [0.3, 0.4) is 0 Å². The SMILES string of the molecule is CCCCCCCC(=O)OC[C@H](O)[C@@H](O)[C@H](O)CO. The highest BCUT2D eigenvalue weighted by molar-refractivity contribution is 5.69. The van der Waals surface area contributed by atoms with E-state index in [0.29, 0.717) is 0 Å². The van der Waals surface area contributed by atoms with Gasteiger partial charge in [0.05, 0.1) is 6.61 Å². The predicted octanol–water partition coefficient (Wildman–Crippen LogP) is -0.0349. The summed E-state index contributed by atoms with van der Waals surface area (Å²) < 4.78 is 4.78. The molecule has 6 nitrogen and oxygen atoms in total. The first-order valence-electron chi connectivity index (χ1n) is 6.83. The van der Waals surface area contributed by atoms with Gasteiger partial charge in [0.1, 0.15) is 24.9 Å². The van der Waals surface area contributed by atoms with Gasteiger partial charge in [0.2, 0.25) is 0 Å². The Bertz CT molecular complexity index is 233. The summed E-state index contributed by atoms with van der Waals surface area (Å²) in [6, 6.07) is 0. The molecule has 0 aliphatic carbocycles. The van der Waals surface area contributed by atoms with Gasteiger partial charge in [-0.3, -0.25) is 4.79 Å². The Balaban J connectivity index is 3.66. The zero-order valence-corrected chi connectivity index (χ0v) is 11.5. The normalized spacial score (nSPS) is 15.8. The van der Waals surface area contributed by atoms with Gasteiger partial charge < -0.3 is 25.2 Å². The summed E-state index contributed by atoms with van der Waals surface area (Å²) in [6.07, 6.45) is 1.02. The second-order valence-corrected chi connectivity index (χ2v) is 4.66. The van der Waals surface area contributed by atoms with E-state index >= 15 is 0 Å². The lowest BCUT2D eigenvalue weighted by molar-refractivity contribution is -0.152. The van der Waals surface area contributed by atoms with Crippen molar-refractivity contribution in [3.63, 3.8) is 0 Å². The number of carbonyl (C=O) groups is 1. The van der Waals surface area contributed by atoms with Crippen LogP contribution in [0.15, 0.2) is 0 Å². The molecular formula is C13H26O6. The lowest BCUT2D eigenvalue weighted by atomic mass is 10.1. The monoisotopic (exact) mass is 278 g/mol. The van der Waals surface area contributed by atoms with Crippen molar-refractivity contribution in [1.82, 2.24) is 0 Å². The first kappa shape index (κ1) is 18.3. The van der Waals surface area contributed by atoms with Crippen molar-refractivity contribution in [3.05, 3.63) is 0 Å². The van der Waals surface area contributed by atoms with E-state index in [1.165, 1.54) is 0 Å². The third kappa shape index (κ3) is 8.93. The maximum absolute atomic E-state index is 11.3. The quantitative estimate of drug-likeness (QED) is 0.312. The maximum atomic E-state index is 11.3. The van der Waals surface area contributed by atoms with Gasteiger partial charge in [0, 0.05) is 6.42 Å². The second kappa shape index (κ2) is 11.2. The highest BCUT2D eigenvalue weighted by atomic mass is 16.5. The van der Waals surface area contributed by atoms with Crippen molar-refractivity contribution in [1.29, 1.82) is 0 Å². The van der Waals surface area contributed by atoms with Crippen LogP contribution >= 0.6 is 0 Å². The zero-order valence-electron chi connectivity index (χ0n) is 11.5. The van der Waals surface area contributed by atoms with Crippen LogP contribution in [-0.2, 0) is 9.53 Å². The summed E-state index contributed by atoms with van der Waals surface area (Å²) in [6.45, 7) is 1.07. The van der Waals surface area contributed by atoms with Crippen molar-refractivity contribution in [2.75, 3.05) is 13.2 Å². The molecule has 0 radical (unpaired) electrons. The van der Waals surface area contributed by atoms with E-state index in [4.69, 9.17) is 14.9 Å². The highest BCUT2D eigenvalue weighted by Crippen LogP contribution is 2.07. The van der Waals surface area contributed by atoms with E-state index in [-0.39, 0.29) is 13.0 Å². The Morgan fingerprint density at radius 3 is 2.26 bits per heavy atom. The van der Waals surface area contributed by atoms with Gasteiger partial charge in [-0.05, 0) is 6.42 Å². The lowest BCUT2D eigenvalue weighted by Gasteiger charge is -2.21. The molecule has 0 saturated heterocycles. The Morgan fingerprint density at radius 1 is 1.05 bits per heavy atom. The van der Waals surface area contributed by atoms with Crippen LogP contribution in [-0.4, -0.2) is 57.9 Å². The Labute approximate surface area is 114 Å². The molecule has 0 unspecified atom stereocenters. The molecule has 0 aliphatic heterocycles. The van der Waals surface area contributed by atoms with Crippen molar-refractivity contribution >= 4 is 5.97 Å². The molecule has 6 heteroatoms. The summed E-state index contributed by atoms with van der Waals surface area (Å²) in [7, 11) is 0. The van der Waals surface area contributed by atoms with Crippen LogP contribution in [0, 0.1) is 0 Å². The fraction of sp³-hybridized carbons (Fsp3) is 0.923. The second-order valence-electron chi connectivity index (χ2n) is 4.66. The van der Waals surface area contributed by atoms with Crippen LogP contribution < -0.4 is 0 Å². The van der Waals surface area contributed by atoms with E-state index in [9.17, 15) is 15.0 Å². The van der Waals surface area contributed by atoms with E-state index in [1.54, 1.807) is 0 Å². The fourth-order valence-electron chi connectivity index (χ4n) is 1.59. The van der Waals surface area contributed by atoms with E-state index in [1.807, 2.05) is 0 Å². The minimum atomic E-state index is -1.53. The molecule has 0 aromatic carbocycles. The standard InChI is InChI=1S/C13H26O6/c1-2-3-4-5-6-7-12(17)19-9-11(16)13(18)10(15)8-14/h10-11,13-16,18H,2-9H2,1H3/t10-,11+,13+/m1/s1. The molecule has 0 aromatic heterocycles. The molecule has 0 aromatic rings. The van der Waals surface area contributed by atoms with Crippen molar-refractivity contribution < 1.29 is 30.0 Å². The zero-order chi connectivity index (χ0) is 14.7. The molecule has 0 amide bonds. The van der Waals surface area contributed by atoms with E-state index in [2.05, 4.69) is 6.92 Å². The average Bonchev–Trinajstić information content (AvgIpc) is 2.42. The highest BCUT2D eigenvalue weighted by Gasteiger charge is 2.25. The maximum Gasteiger partial charge on any atom is 0.305 e. The number of aliphatic hydroxyl groups excluding tert-OH is 4. The van der Waals surface area contributed by atoms with Crippen LogP contribution in [0.1, 0.15) is 45.4 Å². The molecule has 4 N–H and O–H groups in total. The molecule has 0 rings (SSSR count). The summed E-state index contributed by atoms with van der Waals surface area (Å²) in [4.78, 5) is 11.3. The number of ether oxygens (including phenoxy) is 1. The van der Waals surface area contributed by atoms with Gasteiger partial charge in [-0.2, -0.15) is 0 Å². The van der Waals surface area contributed by atoms with Gasteiger partial charge >= 0.3 is 5.97 Å². The van der Waals surface area contributed by atoms with Gasteiger partial charge in [-0.1, -0.05) is 32.6 Å². The van der Waals surface area contributed by atoms with Crippen molar-refractivity contribution in [3.8, 4) is 0 Å². The Morgan fingerprint density at radius 2 is 1.68 bits per heavy atom. The lowest BCUT2D eigenvalue weighted by Crippen LogP contribution is -2.42. The van der Waals surface area contributed by atoms with Crippen molar-refractivity contribution in [2.45, 2.75) is 63.8 Å². The first-order chi connectivity index (χ1) is 9.02. The number of unbranched alkanes of at least 4 members (excludes halogenated alkanes) is 4. The minimum Gasteiger partial charge on any atom is -0.463 e. The van der Waals surface area contributed by atoms with E-state index in [0.717, 1.165) is 32.1 Å². The molecule has 0 heterocycles. The molecular weight excluding hydrogens is 252 g/mol. The number of aliphatic hydroxyl groups is 4. The van der Waals surface area contributed by atoms with Gasteiger partial charge in [0.15, 0.2) is 0 Å². The topological polar surface area (TPSA) is 107 Å². The van der Waals surface area contributed by atoms with Gasteiger partial charge in [-0.15, -0.1) is 0 Å². The first-order valence-corrected chi connectivity index (χ1v) is 6.83. The van der Waals surface area contributed by atoms with Crippen molar-refractivity contribution in [2.24, 2.45) is 0 Å². The Kier molecular flexibility index (Phi) is 10.8. The summed E-state index contributed by atoms with van der Waals surface area (Å²) in [5.74, 6) is -0.429. The number of rotatable bonds is 11. The molecule has 0 aliphatic rings. The third-order valence-corrected chi connectivity index (χ3v) is 2.88. The number of hydrogen-bond donors (Lipinski definition) is 4. The van der Waals surface area contributed by atoms with Gasteiger partial charge in [-0.25, -0.2) is 0 Å². The van der Waals surface area contributed by atoms with Crippen LogP contribution in [0.25, 0.3) is 0 Å². The molecule has 3 atom stereocenters. The summed E-state index contributed by atoms with van der Waals surface area (Å²) in [5, 5.41) is 36.4. The van der Waals surface area contributed by atoms with E-state index < -0.39 is 30.9 Å². The van der Waals surface area contributed by atoms with Crippen LogP contribution in [0.2, 0.25) is 0 Å². The predicted molar refractivity (Wildman–Crippen MR) is 69.4 cm³/mol. The third-order valence-electron chi connectivity index (χ3n) is 2.88. The molecule has 0 saturated carbocycles. The van der Waals surface area contributed by atoms with Crippen LogP contribution in [0.5, 0.6) is 0 Å². The number of hydrogen-bond acceptors (Lipinski definition) is 6. The fourth-order valence-corrected chi connectivity index (χ4v) is 1.59. The van der Waals surface area contributed by atoms with Gasteiger partial charge in [0.25, 0.3) is 0 Å². The largest absolute Gasteiger partial charge is 0.463 e. The van der Waals surface area contributed by atoms with Crippen LogP contribution in [0.4, 0.5) is 0 Å². The Hall–Kier alpha value is -0.690.